The fourth-order valence-corrected chi connectivity index (χ4v) is 4.34. The highest BCUT2D eigenvalue weighted by atomic mass is 35.5. The summed E-state index contributed by atoms with van der Waals surface area (Å²) >= 11 is 7.42. The van der Waals surface area contributed by atoms with E-state index in [0.29, 0.717) is 22.0 Å². The number of hydrogen-bond acceptors (Lipinski definition) is 5. The number of nitrogens with zero attached hydrogens (tertiary/aromatic N) is 2. The number of amides is 3. The summed E-state index contributed by atoms with van der Waals surface area (Å²) in [6.07, 6.45) is -0.0747. The van der Waals surface area contributed by atoms with Crippen LogP contribution in [0, 0.1) is 0 Å². The van der Waals surface area contributed by atoms with E-state index in [0.717, 1.165) is 9.78 Å². The fourth-order valence-electron chi connectivity index (χ4n) is 3.51. The first kappa shape index (κ1) is 21.1. The minimum absolute atomic E-state index is 0.0747. The fraction of sp³-hybridized carbons (Fsp3) is 0.174. The van der Waals surface area contributed by atoms with Crippen LogP contribution in [0.2, 0.25) is 5.02 Å². The van der Waals surface area contributed by atoms with E-state index in [2.05, 4.69) is 0 Å². The van der Waals surface area contributed by atoms with Gasteiger partial charge in [-0.25, -0.2) is 4.90 Å². The predicted octanol–water partition coefficient (Wildman–Crippen LogP) is 4.38. The average molecular weight is 455 g/mol. The second-order valence-corrected chi connectivity index (χ2v) is 8.47. The van der Waals surface area contributed by atoms with Crippen molar-refractivity contribution in [3.8, 4) is 5.75 Å². The Kier molecular flexibility index (Phi) is 6.06. The lowest BCUT2D eigenvalue weighted by Crippen LogP contribution is -2.45. The summed E-state index contributed by atoms with van der Waals surface area (Å²) in [5.74, 6) is -0.468. The second-order valence-electron chi connectivity index (χ2n) is 7.00. The average Bonchev–Trinajstić information content (AvgIpc) is 3.40. The summed E-state index contributed by atoms with van der Waals surface area (Å²) in [7, 11) is 1.55. The largest absolute Gasteiger partial charge is 0.497 e. The molecule has 0 spiro atoms. The molecule has 0 bridgehead atoms. The van der Waals surface area contributed by atoms with E-state index in [-0.39, 0.29) is 24.8 Å². The van der Waals surface area contributed by atoms with Gasteiger partial charge in [-0.1, -0.05) is 17.7 Å². The summed E-state index contributed by atoms with van der Waals surface area (Å²) in [4.78, 5) is 42.9. The molecule has 31 heavy (non-hydrogen) atoms. The summed E-state index contributed by atoms with van der Waals surface area (Å²) in [6, 6.07) is 16.1. The molecule has 1 atom stereocenters. The minimum atomic E-state index is -0.889. The Morgan fingerprint density at radius 1 is 1.13 bits per heavy atom. The first-order valence-corrected chi connectivity index (χ1v) is 10.8. The van der Waals surface area contributed by atoms with Crippen molar-refractivity contribution in [1.82, 2.24) is 4.90 Å². The van der Waals surface area contributed by atoms with Crippen LogP contribution in [0.1, 0.15) is 21.7 Å². The first-order chi connectivity index (χ1) is 15.0. The molecule has 2 heterocycles. The minimum Gasteiger partial charge on any atom is -0.497 e. The van der Waals surface area contributed by atoms with Gasteiger partial charge in [-0.2, -0.15) is 0 Å². The number of imide groups is 1. The smallest absolute Gasteiger partial charge is 0.257 e. The van der Waals surface area contributed by atoms with Crippen molar-refractivity contribution < 1.29 is 19.1 Å². The molecule has 6 nitrogen and oxygen atoms in total. The normalized spacial score (nSPS) is 15.9. The number of halogens is 1. The number of thiophene rings is 1. The number of methoxy groups -OCH3 is 1. The highest BCUT2D eigenvalue weighted by molar-refractivity contribution is 7.09. The Labute approximate surface area is 188 Å². The van der Waals surface area contributed by atoms with Gasteiger partial charge < -0.3 is 9.64 Å². The van der Waals surface area contributed by atoms with Crippen LogP contribution in [0.15, 0.2) is 66.0 Å². The van der Waals surface area contributed by atoms with Gasteiger partial charge in [0.25, 0.3) is 11.8 Å². The molecule has 0 saturated carbocycles. The lowest BCUT2D eigenvalue weighted by Gasteiger charge is -2.27. The van der Waals surface area contributed by atoms with E-state index in [1.165, 1.54) is 16.2 Å². The maximum Gasteiger partial charge on any atom is 0.257 e. The van der Waals surface area contributed by atoms with Crippen LogP contribution in [-0.4, -0.2) is 35.8 Å². The van der Waals surface area contributed by atoms with Gasteiger partial charge in [-0.15, -0.1) is 11.3 Å². The molecule has 0 aliphatic carbocycles. The third kappa shape index (κ3) is 4.33. The third-order valence-electron chi connectivity index (χ3n) is 5.09. The molecule has 2 aromatic carbocycles. The Morgan fingerprint density at radius 3 is 2.45 bits per heavy atom. The number of carbonyl (C=O) groups excluding carboxylic acids is 3. The number of hydrogen-bond donors (Lipinski definition) is 0. The van der Waals surface area contributed by atoms with Crippen molar-refractivity contribution in [2.24, 2.45) is 0 Å². The van der Waals surface area contributed by atoms with Gasteiger partial charge in [0.1, 0.15) is 11.8 Å². The lowest BCUT2D eigenvalue weighted by molar-refractivity contribution is -0.122. The molecule has 0 radical (unpaired) electrons. The molecule has 1 aliphatic rings. The maximum atomic E-state index is 13.4. The van der Waals surface area contributed by atoms with E-state index in [1.54, 1.807) is 55.6 Å². The third-order valence-corrected chi connectivity index (χ3v) is 6.20. The number of anilines is 1. The van der Waals surface area contributed by atoms with E-state index in [1.807, 2.05) is 17.5 Å². The number of rotatable bonds is 6. The predicted molar refractivity (Wildman–Crippen MR) is 120 cm³/mol. The molecule has 8 heteroatoms. The van der Waals surface area contributed by atoms with Gasteiger partial charge in [-0.3, -0.25) is 14.4 Å². The van der Waals surface area contributed by atoms with E-state index >= 15 is 0 Å². The quantitative estimate of drug-likeness (QED) is 0.518. The molecule has 1 aromatic heterocycles. The van der Waals surface area contributed by atoms with E-state index in [4.69, 9.17) is 16.3 Å². The van der Waals surface area contributed by atoms with E-state index < -0.39 is 11.9 Å². The zero-order chi connectivity index (χ0) is 22.0. The van der Waals surface area contributed by atoms with Crippen LogP contribution in [0.25, 0.3) is 0 Å². The van der Waals surface area contributed by atoms with Crippen LogP contribution >= 0.6 is 22.9 Å². The van der Waals surface area contributed by atoms with Gasteiger partial charge in [0, 0.05) is 15.5 Å². The highest BCUT2D eigenvalue weighted by Gasteiger charge is 2.44. The standard InChI is InChI=1S/C23H19ClN2O4S/c1-30-18-10-4-15(5-11-18)22(28)25(14-19-3-2-12-31-19)20-13-21(27)26(23(20)29)17-8-6-16(24)7-9-17/h2-12,20H,13-14H2,1H3. The number of benzene rings is 2. The van der Waals surface area contributed by atoms with Crippen LogP contribution < -0.4 is 9.64 Å². The van der Waals surface area contributed by atoms with Gasteiger partial charge in [-0.05, 0) is 60.0 Å². The second kappa shape index (κ2) is 8.91. The van der Waals surface area contributed by atoms with Gasteiger partial charge >= 0.3 is 0 Å². The Bertz CT molecular complexity index is 1100. The first-order valence-electron chi connectivity index (χ1n) is 9.57. The highest BCUT2D eigenvalue weighted by Crippen LogP contribution is 2.29. The zero-order valence-electron chi connectivity index (χ0n) is 16.7. The van der Waals surface area contributed by atoms with Crippen molar-refractivity contribution in [1.29, 1.82) is 0 Å². The molecule has 4 rings (SSSR count). The molecule has 158 valence electrons. The summed E-state index contributed by atoms with van der Waals surface area (Å²) in [5.41, 5.74) is 0.859. The van der Waals surface area contributed by atoms with Gasteiger partial charge in [0.05, 0.1) is 25.8 Å². The SMILES string of the molecule is COc1ccc(C(=O)N(Cc2cccs2)C2CC(=O)N(c3ccc(Cl)cc3)C2=O)cc1. The molecule has 0 N–H and O–H groups in total. The Hall–Kier alpha value is -3.16. The van der Waals surface area contributed by atoms with E-state index in [9.17, 15) is 14.4 Å². The van der Waals surface area contributed by atoms with Crippen molar-refractivity contribution in [3.63, 3.8) is 0 Å². The summed E-state index contributed by atoms with van der Waals surface area (Å²) < 4.78 is 5.16. The van der Waals surface area contributed by atoms with Crippen molar-refractivity contribution >= 4 is 46.3 Å². The summed E-state index contributed by atoms with van der Waals surface area (Å²) in [6.45, 7) is 0.237. The number of ether oxygens (including phenoxy) is 1. The Morgan fingerprint density at radius 2 is 1.84 bits per heavy atom. The van der Waals surface area contributed by atoms with Crippen LogP contribution in [0.4, 0.5) is 5.69 Å². The molecule has 1 unspecified atom stereocenters. The van der Waals surface area contributed by atoms with Crippen molar-refractivity contribution in [3.05, 3.63) is 81.5 Å². The zero-order valence-corrected chi connectivity index (χ0v) is 18.2. The topological polar surface area (TPSA) is 66.9 Å². The molecule has 3 aromatic rings. The van der Waals surface area contributed by atoms with Crippen LogP contribution in [-0.2, 0) is 16.1 Å². The van der Waals surface area contributed by atoms with Gasteiger partial charge in [0.2, 0.25) is 5.91 Å². The molecule has 1 saturated heterocycles. The van der Waals surface area contributed by atoms with Gasteiger partial charge in [0.15, 0.2) is 0 Å². The maximum absolute atomic E-state index is 13.4. The molecule has 1 fully saturated rings. The molecular formula is C23H19ClN2O4S. The number of carbonyl (C=O) groups is 3. The van der Waals surface area contributed by atoms with Crippen molar-refractivity contribution in [2.75, 3.05) is 12.0 Å². The summed E-state index contributed by atoms with van der Waals surface area (Å²) in [5, 5.41) is 2.42. The molecule has 1 aliphatic heterocycles. The Balaban J connectivity index is 1.66. The van der Waals surface area contributed by atoms with Crippen LogP contribution in [0.5, 0.6) is 5.75 Å². The molecule has 3 amide bonds. The molecular weight excluding hydrogens is 436 g/mol. The van der Waals surface area contributed by atoms with Crippen molar-refractivity contribution in [2.45, 2.75) is 19.0 Å². The lowest BCUT2D eigenvalue weighted by atomic mass is 10.1. The monoisotopic (exact) mass is 454 g/mol. The van der Waals surface area contributed by atoms with Crippen LogP contribution in [0.3, 0.4) is 0 Å².